The van der Waals surface area contributed by atoms with E-state index in [1.807, 2.05) is 19.9 Å². The lowest BCUT2D eigenvalue weighted by Crippen LogP contribution is -2.45. The molecule has 0 aliphatic heterocycles. The molecule has 2 rings (SSSR count). The zero-order valence-electron chi connectivity index (χ0n) is 13.4. The fraction of sp³-hybridized carbons (Fsp3) is 0.667. The highest BCUT2D eigenvalue weighted by atomic mass is 19.1. The van der Waals surface area contributed by atoms with E-state index in [9.17, 15) is 9.50 Å². The molecule has 1 aliphatic carbocycles. The number of rotatable bonds is 1. The van der Waals surface area contributed by atoms with Crippen LogP contribution in [-0.2, 0) is 5.60 Å². The van der Waals surface area contributed by atoms with E-state index < -0.39 is 5.60 Å². The Hall–Kier alpha value is -0.890. The predicted octanol–water partition coefficient (Wildman–Crippen LogP) is 4.87. The van der Waals surface area contributed by atoms with E-state index in [1.165, 1.54) is 0 Å². The minimum Gasteiger partial charge on any atom is -0.385 e. The summed E-state index contributed by atoms with van der Waals surface area (Å²) in [4.78, 5) is 0. The van der Waals surface area contributed by atoms with Gasteiger partial charge >= 0.3 is 0 Å². The lowest BCUT2D eigenvalue weighted by atomic mass is 9.61. The number of hydrogen-bond donors (Lipinski definition) is 1. The van der Waals surface area contributed by atoms with Crippen molar-refractivity contribution >= 4 is 0 Å². The molecular formula is C18H27FO. The molecule has 2 heteroatoms. The molecule has 1 nitrogen and oxygen atoms in total. The van der Waals surface area contributed by atoms with Crippen molar-refractivity contribution < 1.29 is 9.50 Å². The van der Waals surface area contributed by atoms with Crippen molar-refractivity contribution in [3.63, 3.8) is 0 Å². The topological polar surface area (TPSA) is 20.2 Å². The standard InChI is InChI=1S/C18H27FO/c1-12-10-13(2)16(14(19)11-12)18(20)9-7-6-8-15(18)17(3,4)5/h10-11,15,20H,6-9H2,1-5H3. The van der Waals surface area contributed by atoms with E-state index >= 15 is 0 Å². The van der Waals surface area contributed by atoms with Gasteiger partial charge in [0.25, 0.3) is 0 Å². The first-order chi connectivity index (χ1) is 9.16. The molecule has 1 aromatic rings. The third-order valence-corrected chi connectivity index (χ3v) is 4.79. The van der Waals surface area contributed by atoms with Crippen LogP contribution in [0.5, 0.6) is 0 Å². The molecule has 2 atom stereocenters. The molecule has 0 amide bonds. The summed E-state index contributed by atoms with van der Waals surface area (Å²) in [5.41, 5.74) is 1.26. The highest BCUT2D eigenvalue weighted by Crippen LogP contribution is 2.51. The predicted molar refractivity (Wildman–Crippen MR) is 81.2 cm³/mol. The summed E-state index contributed by atoms with van der Waals surface area (Å²) < 4.78 is 14.5. The molecule has 1 fully saturated rings. The van der Waals surface area contributed by atoms with E-state index in [4.69, 9.17) is 0 Å². The van der Waals surface area contributed by atoms with Gasteiger partial charge in [-0.2, -0.15) is 0 Å². The summed E-state index contributed by atoms with van der Waals surface area (Å²) in [6.07, 6.45) is 3.72. The van der Waals surface area contributed by atoms with Gasteiger partial charge in [-0.15, -0.1) is 0 Å². The molecule has 0 radical (unpaired) electrons. The minimum absolute atomic E-state index is 0.0288. The van der Waals surface area contributed by atoms with Crippen LogP contribution in [0.2, 0.25) is 0 Å². The van der Waals surface area contributed by atoms with Crippen molar-refractivity contribution in [3.05, 3.63) is 34.6 Å². The number of hydrogen-bond acceptors (Lipinski definition) is 1. The fourth-order valence-electron chi connectivity index (χ4n) is 4.07. The second-order valence-electron chi connectivity index (χ2n) is 7.53. The van der Waals surface area contributed by atoms with E-state index in [1.54, 1.807) is 6.07 Å². The van der Waals surface area contributed by atoms with Crippen molar-refractivity contribution in [2.45, 2.75) is 65.9 Å². The Kier molecular flexibility index (Phi) is 3.98. The molecule has 1 aliphatic rings. The Morgan fingerprint density at radius 3 is 2.40 bits per heavy atom. The van der Waals surface area contributed by atoms with E-state index in [-0.39, 0.29) is 17.2 Å². The summed E-state index contributed by atoms with van der Waals surface area (Å²) in [6, 6.07) is 3.53. The maximum absolute atomic E-state index is 14.5. The van der Waals surface area contributed by atoms with Gasteiger partial charge in [0, 0.05) is 5.56 Å². The number of aliphatic hydroxyl groups is 1. The fourth-order valence-corrected chi connectivity index (χ4v) is 4.07. The van der Waals surface area contributed by atoms with E-state index in [0.29, 0.717) is 12.0 Å². The van der Waals surface area contributed by atoms with Gasteiger partial charge in [-0.1, -0.05) is 39.7 Å². The zero-order chi connectivity index (χ0) is 15.1. The van der Waals surface area contributed by atoms with Crippen molar-refractivity contribution in [3.8, 4) is 0 Å². The largest absolute Gasteiger partial charge is 0.385 e. The molecule has 112 valence electrons. The molecular weight excluding hydrogens is 251 g/mol. The first kappa shape index (κ1) is 15.5. The lowest BCUT2D eigenvalue weighted by molar-refractivity contribution is -0.0984. The Labute approximate surface area is 122 Å². The highest BCUT2D eigenvalue weighted by Gasteiger charge is 2.47. The quantitative estimate of drug-likeness (QED) is 0.777. The maximum Gasteiger partial charge on any atom is 0.129 e. The Morgan fingerprint density at radius 1 is 1.20 bits per heavy atom. The van der Waals surface area contributed by atoms with E-state index in [2.05, 4.69) is 20.8 Å². The molecule has 1 aromatic carbocycles. The van der Waals surface area contributed by atoms with Crippen LogP contribution in [0, 0.1) is 31.0 Å². The molecule has 1 saturated carbocycles. The van der Waals surface area contributed by atoms with Gasteiger partial charge in [0.15, 0.2) is 0 Å². The second-order valence-corrected chi connectivity index (χ2v) is 7.53. The van der Waals surface area contributed by atoms with Crippen LogP contribution in [-0.4, -0.2) is 5.11 Å². The first-order valence-corrected chi connectivity index (χ1v) is 7.66. The van der Waals surface area contributed by atoms with Gasteiger partial charge in [0.1, 0.15) is 5.82 Å². The summed E-state index contributed by atoms with van der Waals surface area (Å²) >= 11 is 0. The Morgan fingerprint density at radius 2 is 1.85 bits per heavy atom. The molecule has 1 N–H and O–H groups in total. The Bertz CT molecular complexity index is 478. The Balaban J connectivity index is 2.57. The third kappa shape index (κ3) is 2.63. The summed E-state index contributed by atoms with van der Waals surface area (Å²) in [6.45, 7) is 10.3. The van der Waals surface area contributed by atoms with E-state index in [0.717, 1.165) is 30.4 Å². The molecule has 2 unspecified atom stereocenters. The molecule has 20 heavy (non-hydrogen) atoms. The normalized spacial score (nSPS) is 27.6. The van der Waals surface area contributed by atoms with Crippen LogP contribution in [0.1, 0.15) is 63.1 Å². The SMILES string of the molecule is Cc1cc(C)c(C2(O)CCCCC2C(C)(C)C)c(F)c1. The van der Waals surface area contributed by atoms with Crippen molar-refractivity contribution in [1.29, 1.82) is 0 Å². The summed E-state index contributed by atoms with van der Waals surface area (Å²) in [5, 5.41) is 11.4. The van der Waals surface area contributed by atoms with Gasteiger partial charge in [-0.05, 0) is 55.2 Å². The van der Waals surface area contributed by atoms with Crippen LogP contribution >= 0.6 is 0 Å². The average Bonchev–Trinajstić information content (AvgIpc) is 2.25. The minimum atomic E-state index is -1.03. The van der Waals surface area contributed by atoms with Gasteiger partial charge in [-0.3, -0.25) is 0 Å². The van der Waals surface area contributed by atoms with Crippen LogP contribution in [0.15, 0.2) is 12.1 Å². The maximum atomic E-state index is 14.5. The molecule has 0 saturated heterocycles. The summed E-state index contributed by atoms with van der Waals surface area (Å²) in [5.74, 6) is -0.152. The number of halogens is 1. The van der Waals surface area contributed by atoms with Crippen LogP contribution < -0.4 is 0 Å². The average molecular weight is 278 g/mol. The molecule has 0 bridgehead atoms. The number of aryl methyl sites for hydroxylation is 2. The highest BCUT2D eigenvalue weighted by molar-refractivity contribution is 5.37. The van der Waals surface area contributed by atoms with Crippen molar-refractivity contribution in [2.24, 2.45) is 11.3 Å². The second kappa shape index (κ2) is 5.14. The third-order valence-electron chi connectivity index (χ3n) is 4.79. The van der Waals surface area contributed by atoms with Crippen LogP contribution in [0.4, 0.5) is 4.39 Å². The molecule has 0 spiro atoms. The lowest BCUT2D eigenvalue weighted by Gasteiger charge is -2.47. The zero-order valence-corrected chi connectivity index (χ0v) is 13.4. The first-order valence-electron chi connectivity index (χ1n) is 7.66. The van der Waals surface area contributed by atoms with Gasteiger partial charge in [-0.25, -0.2) is 4.39 Å². The van der Waals surface area contributed by atoms with Gasteiger partial charge in [0.05, 0.1) is 5.60 Å². The monoisotopic (exact) mass is 278 g/mol. The smallest absolute Gasteiger partial charge is 0.129 e. The van der Waals surface area contributed by atoms with Crippen molar-refractivity contribution in [2.75, 3.05) is 0 Å². The molecule has 0 heterocycles. The van der Waals surface area contributed by atoms with Crippen LogP contribution in [0.25, 0.3) is 0 Å². The van der Waals surface area contributed by atoms with Crippen molar-refractivity contribution in [1.82, 2.24) is 0 Å². The molecule has 0 aromatic heterocycles. The van der Waals surface area contributed by atoms with Gasteiger partial charge in [0.2, 0.25) is 0 Å². The summed E-state index contributed by atoms with van der Waals surface area (Å²) in [7, 11) is 0. The number of benzene rings is 1. The van der Waals surface area contributed by atoms with Crippen LogP contribution in [0.3, 0.4) is 0 Å². The van der Waals surface area contributed by atoms with Gasteiger partial charge < -0.3 is 5.11 Å².